The van der Waals surface area contributed by atoms with Crippen molar-refractivity contribution in [1.29, 1.82) is 0 Å². The van der Waals surface area contributed by atoms with Gasteiger partial charge in [-0.05, 0) is 26.0 Å². The van der Waals surface area contributed by atoms with Crippen molar-refractivity contribution in [2.75, 3.05) is 37.2 Å². The van der Waals surface area contributed by atoms with Gasteiger partial charge in [0.05, 0.1) is 38.7 Å². The Balaban J connectivity index is 1.49. The van der Waals surface area contributed by atoms with E-state index in [4.69, 9.17) is 10.5 Å². The lowest BCUT2D eigenvalue weighted by molar-refractivity contribution is -0.0667. The molecule has 4 N–H and O–H groups in total. The Bertz CT molecular complexity index is 867. The van der Waals surface area contributed by atoms with Gasteiger partial charge in [-0.1, -0.05) is 0 Å². The van der Waals surface area contributed by atoms with Gasteiger partial charge in [-0.25, -0.2) is 4.98 Å². The number of ether oxygens (including phenoxy) is 1. The van der Waals surface area contributed by atoms with Gasteiger partial charge >= 0.3 is 0 Å². The number of nitrogen functional groups attached to an aromatic ring is 1. The van der Waals surface area contributed by atoms with Gasteiger partial charge in [-0.3, -0.25) is 10.00 Å². The molecule has 0 radical (unpaired) electrons. The number of anilines is 2. The fourth-order valence-electron chi connectivity index (χ4n) is 3.52. The van der Waals surface area contributed by atoms with Crippen molar-refractivity contribution in [3.8, 4) is 10.6 Å². The third-order valence-corrected chi connectivity index (χ3v) is 5.69. The van der Waals surface area contributed by atoms with Crippen LogP contribution in [0.25, 0.3) is 20.8 Å². The van der Waals surface area contributed by atoms with E-state index in [-0.39, 0.29) is 12.2 Å². The van der Waals surface area contributed by atoms with Gasteiger partial charge in [0, 0.05) is 38.4 Å². The minimum atomic E-state index is 0.288. The summed E-state index contributed by atoms with van der Waals surface area (Å²) in [6.45, 7) is 8.04. The van der Waals surface area contributed by atoms with Crippen LogP contribution in [-0.2, 0) is 4.74 Å². The summed E-state index contributed by atoms with van der Waals surface area (Å²) in [4.78, 5) is 8.02. The molecule has 2 atom stereocenters. The van der Waals surface area contributed by atoms with Gasteiger partial charge in [0.2, 0.25) is 0 Å². The maximum Gasteiger partial charge on any atom is 0.126 e. The van der Waals surface area contributed by atoms with Gasteiger partial charge in [0.25, 0.3) is 0 Å². The first kappa shape index (κ1) is 17.3. The van der Waals surface area contributed by atoms with E-state index in [0.717, 1.165) is 52.7 Å². The van der Waals surface area contributed by atoms with E-state index in [2.05, 4.69) is 45.3 Å². The molecule has 4 rings (SSSR count). The highest BCUT2D eigenvalue weighted by molar-refractivity contribution is 7.22. The Morgan fingerprint density at radius 1 is 1.35 bits per heavy atom. The zero-order valence-electron chi connectivity index (χ0n) is 15.0. The number of morpholine rings is 1. The molecule has 0 amide bonds. The van der Waals surface area contributed by atoms with Gasteiger partial charge in [0.15, 0.2) is 0 Å². The van der Waals surface area contributed by atoms with Crippen molar-refractivity contribution in [2.45, 2.75) is 26.1 Å². The summed E-state index contributed by atoms with van der Waals surface area (Å²) in [5.74, 6) is 0.530. The third-order valence-electron chi connectivity index (χ3n) is 4.50. The molecule has 0 unspecified atom stereocenters. The molecule has 0 aliphatic carbocycles. The number of nitrogens with zero attached hydrogens (tertiary/aromatic N) is 3. The molecule has 1 saturated heterocycles. The van der Waals surface area contributed by atoms with Crippen LogP contribution in [0.3, 0.4) is 0 Å². The minimum Gasteiger partial charge on any atom is -0.384 e. The van der Waals surface area contributed by atoms with E-state index in [1.807, 2.05) is 12.1 Å². The molecule has 138 valence electrons. The summed E-state index contributed by atoms with van der Waals surface area (Å²) in [6, 6.07) is 5.93. The number of hydrogen-bond acceptors (Lipinski definition) is 7. The van der Waals surface area contributed by atoms with E-state index in [9.17, 15) is 0 Å². The zero-order valence-corrected chi connectivity index (χ0v) is 15.8. The molecule has 3 aromatic heterocycles. The molecule has 26 heavy (non-hydrogen) atoms. The number of thiophene rings is 1. The SMILES string of the molecule is C[C@@H]1CN(CCNc2cc(N)nc3cc(-c4ccn[nH]4)sc23)C[C@@H](C)O1. The number of rotatable bonds is 5. The molecule has 8 heteroatoms. The zero-order chi connectivity index (χ0) is 18.1. The quantitative estimate of drug-likeness (QED) is 0.638. The highest BCUT2D eigenvalue weighted by Gasteiger charge is 2.21. The molecule has 4 heterocycles. The van der Waals surface area contributed by atoms with Crippen LogP contribution >= 0.6 is 11.3 Å². The molecule has 7 nitrogen and oxygen atoms in total. The maximum atomic E-state index is 6.01. The number of nitrogens with one attached hydrogen (secondary N) is 2. The average molecular weight is 372 g/mol. The van der Waals surface area contributed by atoms with Crippen molar-refractivity contribution in [3.05, 3.63) is 24.4 Å². The second-order valence-corrected chi connectivity index (χ2v) is 7.89. The van der Waals surface area contributed by atoms with E-state index >= 15 is 0 Å². The number of nitrogens with two attached hydrogens (primary N) is 1. The van der Waals surface area contributed by atoms with Gasteiger partial charge in [-0.2, -0.15) is 5.10 Å². The molecule has 0 spiro atoms. The van der Waals surface area contributed by atoms with Crippen molar-refractivity contribution in [1.82, 2.24) is 20.1 Å². The topological polar surface area (TPSA) is 92.1 Å². The first-order valence-corrected chi connectivity index (χ1v) is 9.71. The number of H-pyrrole nitrogens is 1. The lowest BCUT2D eigenvalue weighted by atomic mass is 10.2. The van der Waals surface area contributed by atoms with Crippen LogP contribution in [0.2, 0.25) is 0 Å². The Kier molecular flexibility index (Phi) is 4.80. The minimum absolute atomic E-state index is 0.288. The fourth-order valence-corrected chi connectivity index (χ4v) is 4.58. The van der Waals surface area contributed by atoms with Crippen LogP contribution in [0.15, 0.2) is 24.4 Å². The monoisotopic (exact) mass is 372 g/mol. The van der Waals surface area contributed by atoms with Crippen LogP contribution in [0.1, 0.15) is 13.8 Å². The third kappa shape index (κ3) is 3.67. The molecule has 0 saturated carbocycles. The van der Waals surface area contributed by atoms with Crippen LogP contribution in [0.5, 0.6) is 0 Å². The summed E-state index contributed by atoms with van der Waals surface area (Å²) < 4.78 is 6.92. The smallest absolute Gasteiger partial charge is 0.126 e. The predicted octanol–water partition coefficient (Wildman–Crippen LogP) is 2.79. The number of hydrogen-bond donors (Lipinski definition) is 3. The molecule has 0 bridgehead atoms. The summed E-state index contributed by atoms with van der Waals surface area (Å²) >= 11 is 1.69. The molecule has 1 aliphatic heterocycles. The standard InChI is InChI=1S/C18H24N6OS/c1-11-9-24(10-12(2)25-11)6-5-20-14-8-17(19)22-15-7-16(26-18(14)15)13-3-4-21-23-13/h3-4,7-8,11-12H,5-6,9-10H2,1-2H3,(H,21,23)(H3,19,20,22)/t11-,12-/m1/s1. The highest BCUT2D eigenvalue weighted by atomic mass is 32.1. The Labute approximate surface area is 156 Å². The van der Waals surface area contributed by atoms with E-state index < -0.39 is 0 Å². The van der Waals surface area contributed by atoms with Crippen LogP contribution in [0, 0.1) is 0 Å². The fraction of sp³-hybridized carbons (Fsp3) is 0.444. The Morgan fingerprint density at radius 3 is 2.88 bits per heavy atom. The lowest BCUT2D eigenvalue weighted by Crippen LogP contribution is -2.46. The van der Waals surface area contributed by atoms with E-state index in [0.29, 0.717) is 5.82 Å². The van der Waals surface area contributed by atoms with Crippen LogP contribution in [0.4, 0.5) is 11.5 Å². The van der Waals surface area contributed by atoms with E-state index in [1.165, 1.54) is 0 Å². The number of aromatic nitrogens is 3. The molecule has 1 fully saturated rings. The summed E-state index contributed by atoms with van der Waals surface area (Å²) in [5.41, 5.74) is 8.96. The number of pyridine rings is 1. The van der Waals surface area contributed by atoms with Gasteiger partial charge in [-0.15, -0.1) is 11.3 Å². The van der Waals surface area contributed by atoms with Crippen LogP contribution < -0.4 is 11.1 Å². The normalized spacial score (nSPS) is 21.3. The predicted molar refractivity (Wildman–Crippen MR) is 107 cm³/mol. The second-order valence-electron chi connectivity index (χ2n) is 6.83. The Morgan fingerprint density at radius 2 is 2.15 bits per heavy atom. The average Bonchev–Trinajstić information content (AvgIpc) is 3.22. The number of aromatic amines is 1. The summed E-state index contributed by atoms with van der Waals surface area (Å²) in [5, 5.41) is 10.6. The molecule has 1 aliphatic rings. The number of fused-ring (bicyclic) bond motifs is 1. The van der Waals surface area contributed by atoms with Gasteiger partial charge < -0.3 is 15.8 Å². The first-order chi connectivity index (χ1) is 12.6. The molecule has 3 aromatic rings. The van der Waals surface area contributed by atoms with Gasteiger partial charge in [0.1, 0.15) is 5.82 Å². The summed E-state index contributed by atoms with van der Waals surface area (Å²) in [6.07, 6.45) is 2.33. The second kappa shape index (κ2) is 7.22. The van der Waals surface area contributed by atoms with Crippen molar-refractivity contribution in [3.63, 3.8) is 0 Å². The molecule has 0 aromatic carbocycles. The van der Waals surface area contributed by atoms with Crippen molar-refractivity contribution < 1.29 is 4.74 Å². The van der Waals surface area contributed by atoms with E-state index in [1.54, 1.807) is 17.5 Å². The van der Waals surface area contributed by atoms with Crippen LogP contribution in [-0.4, -0.2) is 58.5 Å². The maximum absolute atomic E-state index is 6.01. The lowest BCUT2D eigenvalue weighted by Gasteiger charge is -2.35. The molecular weight excluding hydrogens is 348 g/mol. The summed E-state index contributed by atoms with van der Waals surface area (Å²) in [7, 11) is 0. The van der Waals surface area contributed by atoms with Crippen molar-refractivity contribution >= 4 is 33.1 Å². The first-order valence-electron chi connectivity index (χ1n) is 8.90. The van der Waals surface area contributed by atoms with Crippen molar-refractivity contribution in [2.24, 2.45) is 0 Å². The molecular formula is C18H24N6OS. The highest BCUT2D eigenvalue weighted by Crippen LogP contribution is 2.36. The largest absolute Gasteiger partial charge is 0.384 e. The Hall–Kier alpha value is -2.16.